The van der Waals surface area contributed by atoms with Crippen molar-refractivity contribution in [3.05, 3.63) is 5.28 Å². The molecule has 0 unspecified atom stereocenters. The maximum Gasteiger partial charge on any atom is 0.231 e. The molecule has 1 aliphatic rings. The van der Waals surface area contributed by atoms with E-state index in [2.05, 4.69) is 43.9 Å². The quantitative estimate of drug-likeness (QED) is 0.833. The Morgan fingerprint density at radius 3 is 2.48 bits per heavy atom. The van der Waals surface area contributed by atoms with E-state index < -0.39 is 0 Å². The Labute approximate surface area is 131 Å². The van der Waals surface area contributed by atoms with E-state index in [1.807, 2.05) is 0 Å². The highest BCUT2D eigenvalue weighted by Gasteiger charge is 2.11. The van der Waals surface area contributed by atoms with Crippen LogP contribution in [-0.2, 0) is 0 Å². The van der Waals surface area contributed by atoms with Crippen molar-refractivity contribution in [2.75, 3.05) is 49.5 Å². The molecule has 2 heterocycles. The molecule has 0 atom stereocenters. The van der Waals surface area contributed by atoms with Gasteiger partial charge in [-0.1, -0.05) is 6.42 Å². The molecule has 1 N–H and O–H groups in total. The maximum absolute atomic E-state index is 6.00. The third kappa shape index (κ3) is 4.97. The minimum absolute atomic E-state index is 0.243. The minimum Gasteiger partial charge on any atom is -0.353 e. The molecular weight excluding hydrogens is 288 g/mol. The molecule has 1 aliphatic heterocycles. The Morgan fingerprint density at radius 2 is 1.81 bits per heavy atom. The summed E-state index contributed by atoms with van der Waals surface area (Å²) in [5.74, 6) is 1.20. The van der Waals surface area contributed by atoms with Gasteiger partial charge in [0.1, 0.15) is 0 Å². The Kier molecular flexibility index (Phi) is 6.45. The van der Waals surface area contributed by atoms with E-state index in [0.717, 1.165) is 26.2 Å². The number of nitrogens with one attached hydrogen (secondary N) is 1. The van der Waals surface area contributed by atoms with Gasteiger partial charge in [-0.2, -0.15) is 15.0 Å². The normalized spacial score (nSPS) is 16.0. The molecule has 2 rings (SSSR count). The standard InChI is InChI=1S/C14H25ClN6/c1-3-21(4-2)14-18-12(15)17-13(19-14)16-8-11-20-9-6-5-7-10-20/h3-11H2,1-2H3,(H,16,17,18,19). The molecule has 0 bridgehead atoms. The summed E-state index contributed by atoms with van der Waals surface area (Å²) in [5.41, 5.74) is 0. The van der Waals surface area contributed by atoms with E-state index in [-0.39, 0.29) is 5.28 Å². The monoisotopic (exact) mass is 312 g/mol. The number of hydrogen-bond acceptors (Lipinski definition) is 6. The number of rotatable bonds is 7. The molecule has 1 fully saturated rings. The first-order valence-electron chi connectivity index (χ1n) is 7.85. The van der Waals surface area contributed by atoms with Crippen LogP contribution in [0.1, 0.15) is 33.1 Å². The van der Waals surface area contributed by atoms with E-state index in [1.165, 1.54) is 32.4 Å². The lowest BCUT2D eigenvalue weighted by atomic mass is 10.1. The van der Waals surface area contributed by atoms with Gasteiger partial charge in [0.15, 0.2) is 0 Å². The second-order valence-corrected chi connectivity index (χ2v) is 5.57. The Balaban J connectivity index is 1.90. The zero-order chi connectivity index (χ0) is 15.1. The van der Waals surface area contributed by atoms with Gasteiger partial charge in [-0.05, 0) is 51.4 Å². The zero-order valence-corrected chi connectivity index (χ0v) is 13.7. The van der Waals surface area contributed by atoms with Crippen LogP contribution in [0.15, 0.2) is 0 Å². The lowest BCUT2D eigenvalue weighted by Gasteiger charge is -2.26. The number of nitrogens with zero attached hydrogens (tertiary/aromatic N) is 5. The third-order valence-electron chi connectivity index (χ3n) is 3.80. The lowest BCUT2D eigenvalue weighted by molar-refractivity contribution is 0.237. The van der Waals surface area contributed by atoms with E-state index in [1.54, 1.807) is 0 Å². The van der Waals surface area contributed by atoms with E-state index >= 15 is 0 Å². The first kappa shape index (κ1) is 16.2. The number of likely N-dealkylation sites (tertiary alicyclic amines) is 1. The number of anilines is 2. The van der Waals surface area contributed by atoms with Crippen LogP contribution in [0.2, 0.25) is 5.28 Å². The predicted octanol–water partition coefficient (Wildman–Crippen LogP) is 2.27. The largest absolute Gasteiger partial charge is 0.353 e. The van der Waals surface area contributed by atoms with E-state index in [9.17, 15) is 0 Å². The van der Waals surface area contributed by atoms with Crippen LogP contribution in [0.25, 0.3) is 0 Å². The molecule has 1 aromatic heterocycles. The van der Waals surface area contributed by atoms with Gasteiger partial charge in [-0.3, -0.25) is 0 Å². The highest BCUT2D eigenvalue weighted by atomic mass is 35.5. The van der Waals surface area contributed by atoms with Crippen LogP contribution in [0.3, 0.4) is 0 Å². The lowest BCUT2D eigenvalue weighted by Crippen LogP contribution is -2.34. The average molecular weight is 313 g/mol. The molecule has 0 aromatic carbocycles. The predicted molar refractivity (Wildman–Crippen MR) is 87.2 cm³/mol. The highest BCUT2D eigenvalue weighted by molar-refractivity contribution is 6.28. The van der Waals surface area contributed by atoms with Crippen LogP contribution in [0, 0.1) is 0 Å². The SMILES string of the molecule is CCN(CC)c1nc(Cl)nc(NCCN2CCCCC2)n1. The van der Waals surface area contributed by atoms with Crippen molar-refractivity contribution in [2.45, 2.75) is 33.1 Å². The molecule has 1 aromatic rings. The molecule has 21 heavy (non-hydrogen) atoms. The second kappa shape index (κ2) is 8.34. The number of aromatic nitrogens is 3. The molecule has 0 saturated carbocycles. The summed E-state index contributed by atoms with van der Waals surface area (Å²) in [7, 11) is 0. The zero-order valence-electron chi connectivity index (χ0n) is 13.0. The van der Waals surface area contributed by atoms with Crippen molar-refractivity contribution >= 4 is 23.5 Å². The Bertz CT molecular complexity index is 431. The number of hydrogen-bond donors (Lipinski definition) is 1. The van der Waals surface area contributed by atoms with Gasteiger partial charge in [0.25, 0.3) is 0 Å². The summed E-state index contributed by atoms with van der Waals surface area (Å²) >= 11 is 6.00. The molecule has 118 valence electrons. The minimum atomic E-state index is 0.243. The Morgan fingerprint density at radius 1 is 1.10 bits per heavy atom. The number of halogens is 1. The highest BCUT2D eigenvalue weighted by Crippen LogP contribution is 2.13. The van der Waals surface area contributed by atoms with E-state index in [4.69, 9.17) is 11.6 Å². The van der Waals surface area contributed by atoms with Crippen molar-refractivity contribution in [2.24, 2.45) is 0 Å². The topological polar surface area (TPSA) is 57.2 Å². The summed E-state index contributed by atoms with van der Waals surface area (Å²) in [6.07, 6.45) is 3.98. The van der Waals surface area contributed by atoms with E-state index in [0.29, 0.717) is 11.9 Å². The van der Waals surface area contributed by atoms with Gasteiger partial charge >= 0.3 is 0 Å². The van der Waals surface area contributed by atoms with Gasteiger partial charge in [0.2, 0.25) is 17.2 Å². The first-order chi connectivity index (χ1) is 10.2. The molecule has 6 nitrogen and oxygen atoms in total. The summed E-state index contributed by atoms with van der Waals surface area (Å²) < 4.78 is 0. The van der Waals surface area contributed by atoms with Crippen molar-refractivity contribution in [3.8, 4) is 0 Å². The van der Waals surface area contributed by atoms with Crippen LogP contribution in [-0.4, -0.2) is 59.1 Å². The second-order valence-electron chi connectivity index (χ2n) is 5.23. The van der Waals surface area contributed by atoms with Gasteiger partial charge in [0.05, 0.1) is 0 Å². The van der Waals surface area contributed by atoms with Crippen molar-refractivity contribution in [1.29, 1.82) is 0 Å². The number of piperidine rings is 1. The molecule has 0 radical (unpaired) electrons. The summed E-state index contributed by atoms with van der Waals surface area (Å²) in [6, 6.07) is 0. The van der Waals surface area contributed by atoms with Gasteiger partial charge in [-0.15, -0.1) is 0 Å². The summed E-state index contributed by atoms with van der Waals surface area (Å²) in [4.78, 5) is 17.3. The van der Waals surface area contributed by atoms with Gasteiger partial charge in [-0.25, -0.2) is 0 Å². The summed E-state index contributed by atoms with van der Waals surface area (Å²) in [6.45, 7) is 10.1. The molecule has 0 spiro atoms. The Hall–Kier alpha value is -1.14. The molecule has 0 amide bonds. The maximum atomic E-state index is 6.00. The molecule has 0 aliphatic carbocycles. The van der Waals surface area contributed by atoms with Crippen molar-refractivity contribution in [3.63, 3.8) is 0 Å². The molecule has 7 heteroatoms. The van der Waals surface area contributed by atoms with Crippen LogP contribution in [0.5, 0.6) is 0 Å². The van der Waals surface area contributed by atoms with Crippen molar-refractivity contribution < 1.29 is 0 Å². The van der Waals surface area contributed by atoms with Crippen LogP contribution >= 0.6 is 11.6 Å². The first-order valence-corrected chi connectivity index (χ1v) is 8.23. The fourth-order valence-corrected chi connectivity index (χ4v) is 2.73. The molecule has 1 saturated heterocycles. The van der Waals surface area contributed by atoms with Crippen LogP contribution < -0.4 is 10.2 Å². The molecular formula is C14H25ClN6. The van der Waals surface area contributed by atoms with Crippen LogP contribution in [0.4, 0.5) is 11.9 Å². The van der Waals surface area contributed by atoms with Crippen molar-refractivity contribution in [1.82, 2.24) is 19.9 Å². The van der Waals surface area contributed by atoms with Gasteiger partial charge < -0.3 is 15.1 Å². The fraction of sp³-hybridized carbons (Fsp3) is 0.786. The third-order valence-corrected chi connectivity index (χ3v) is 3.97. The van der Waals surface area contributed by atoms with Gasteiger partial charge in [0, 0.05) is 26.2 Å². The summed E-state index contributed by atoms with van der Waals surface area (Å²) in [5, 5.41) is 3.50. The smallest absolute Gasteiger partial charge is 0.231 e. The fourth-order valence-electron chi connectivity index (χ4n) is 2.58. The average Bonchev–Trinajstić information content (AvgIpc) is 2.49.